The van der Waals surface area contributed by atoms with Crippen molar-refractivity contribution in [2.75, 3.05) is 11.1 Å². The first kappa shape index (κ1) is 11.7. The predicted octanol–water partition coefficient (Wildman–Crippen LogP) is 2.63. The minimum absolute atomic E-state index is 0.519. The molecule has 2 aromatic heterocycles. The molecule has 0 atom stereocenters. The van der Waals surface area contributed by atoms with Gasteiger partial charge in [-0.15, -0.1) is 0 Å². The van der Waals surface area contributed by atoms with Crippen LogP contribution in [0.1, 0.15) is 11.3 Å². The second kappa shape index (κ2) is 5.01. The zero-order chi connectivity index (χ0) is 12.3. The van der Waals surface area contributed by atoms with E-state index in [1.165, 1.54) is 0 Å². The van der Waals surface area contributed by atoms with Crippen molar-refractivity contribution in [3.05, 3.63) is 46.9 Å². The summed E-state index contributed by atoms with van der Waals surface area (Å²) in [6, 6.07) is 5.65. The van der Waals surface area contributed by atoms with E-state index >= 15 is 0 Å². The zero-order valence-electron chi connectivity index (χ0n) is 9.44. The highest BCUT2D eigenvalue weighted by atomic mass is 35.5. The van der Waals surface area contributed by atoms with Crippen LogP contribution in [0.15, 0.2) is 30.6 Å². The number of nitrogens with one attached hydrogen (secondary N) is 1. The quantitative estimate of drug-likeness (QED) is 0.877. The first-order valence-corrected chi connectivity index (χ1v) is 5.59. The Labute approximate surface area is 105 Å². The summed E-state index contributed by atoms with van der Waals surface area (Å²) >= 11 is 6.00. The molecule has 2 aromatic rings. The second-order valence-corrected chi connectivity index (χ2v) is 4.17. The summed E-state index contributed by atoms with van der Waals surface area (Å²) in [6.45, 7) is 2.58. The van der Waals surface area contributed by atoms with Crippen LogP contribution in [0, 0.1) is 6.92 Å². The van der Waals surface area contributed by atoms with Gasteiger partial charge in [0.05, 0.1) is 16.9 Å². The Balaban J connectivity index is 2.04. The maximum absolute atomic E-state index is 6.00. The lowest BCUT2D eigenvalue weighted by Crippen LogP contribution is -2.03. The van der Waals surface area contributed by atoms with Crippen molar-refractivity contribution in [3.63, 3.8) is 0 Å². The van der Waals surface area contributed by atoms with Crippen molar-refractivity contribution >= 4 is 23.1 Å². The Morgan fingerprint density at radius 2 is 2.12 bits per heavy atom. The minimum atomic E-state index is 0.519. The molecular weight excluding hydrogens is 236 g/mol. The Bertz CT molecular complexity index is 510. The molecule has 5 heteroatoms. The number of hydrogen-bond acceptors (Lipinski definition) is 4. The lowest BCUT2D eigenvalue weighted by atomic mass is 10.2. The number of pyridine rings is 2. The molecule has 0 radical (unpaired) electrons. The summed E-state index contributed by atoms with van der Waals surface area (Å²) < 4.78 is 0. The van der Waals surface area contributed by atoms with Gasteiger partial charge in [-0.2, -0.15) is 0 Å². The van der Waals surface area contributed by atoms with Gasteiger partial charge in [0.1, 0.15) is 5.82 Å². The molecule has 2 heterocycles. The number of aromatic nitrogens is 2. The van der Waals surface area contributed by atoms with E-state index < -0.39 is 0 Å². The van der Waals surface area contributed by atoms with Crippen LogP contribution in [0.4, 0.5) is 11.5 Å². The largest absolute Gasteiger partial charge is 0.397 e. The summed E-state index contributed by atoms with van der Waals surface area (Å²) in [6.07, 6.45) is 3.40. The van der Waals surface area contributed by atoms with Crippen LogP contribution in [0.3, 0.4) is 0 Å². The smallest absolute Gasteiger partial charge is 0.145 e. The normalized spacial score (nSPS) is 10.2. The molecule has 0 aliphatic heterocycles. The van der Waals surface area contributed by atoms with Crippen molar-refractivity contribution < 1.29 is 0 Å². The molecule has 0 aliphatic carbocycles. The number of nitrogens with two attached hydrogens (primary N) is 1. The molecule has 0 bridgehead atoms. The van der Waals surface area contributed by atoms with Crippen molar-refractivity contribution in [1.82, 2.24) is 9.97 Å². The average Bonchev–Trinajstić information content (AvgIpc) is 2.30. The van der Waals surface area contributed by atoms with E-state index in [1.807, 2.05) is 25.3 Å². The van der Waals surface area contributed by atoms with E-state index in [1.54, 1.807) is 12.3 Å². The van der Waals surface area contributed by atoms with Crippen LogP contribution < -0.4 is 11.1 Å². The van der Waals surface area contributed by atoms with Gasteiger partial charge < -0.3 is 11.1 Å². The monoisotopic (exact) mass is 248 g/mol. The van der Waals surface area contributed by atoms with Gasteiger partial charge in [-0.3, -0.25) is 4.98 Å². The predicted molar refractivity (Wildman–Crippen MR) is 70.0 cm³/mol. The molecule has 0 fully saturated rings. The van der Waals surface area contributed by atoms with Crippen molar-refractivity contribution in [1.29, 1.82) is 0 Å². The molecule has 3 N–H and O–H groups in total. The zero-order valence-corrected chi connectivity index (χ0v) is 10.2. The number of nitrogens with zero attached hydrogens (tertiary/aromatic N) is 2. The molecule has 2 rings (SSSR count). The highest BCUT2D eigenvalue weighted by Crippen LogP contribution is 2.21. The van der Waals surface area contributed by atoms with E-state index in [2.05, 4.69) is 15.3 Å². The fourth-order valence-electron chi connectivity index (χ4n) is 1.37. The molecule has 0 saturated carbocycles. The van der Waals surface area contributed by atoms with Crippen LogP contribution in [0.25, 0.3) is 0 Å². The summed E-state index contributed by atoms with van der Waals surface area (Å²) in [5, 5.41) is 3.66. The molecule has 0 saturated heterocycles. The van der Waals surface area contributed by atoms with Gasteiger partial charge in [0.15, 0.2) is 0 Å². The summed E-state index contributed by atoms with van der Waals surface area (Å²) in [7, 11) is 0. The van der Waals surface area contributed by atoms with E-state index in [0.717, 1.165) is 11.3 Å². The molecule has 0 aliphatic rings. The van der Waals surface area contributed by atoms with Crippen LogP contribution >= 0.6 is 11.6 Å². The van der Waals surface area contributed by atoms with Crippen LogP contribution in [0.5, 0.6) is 0 Å². The van der Waals surface area contributed by atoms with Crippen molar-refractivity contribution in [3.8, 4) is 0 Å². The van der Waals surface area contributed by atoms with Gasteiger partial charge in [0, 0.05) is 18.4 Å². The molecule has 0 unspecified atom stereocenters. The Hall–Kier alpha value is -1.81. The molecule has 0 spiro atoms. The first-order chi connectivity index (χ1) is 8.15. The van der Waals surface area contributed by atoms with Crippen LogP contribution in [-0.4, -0.2) is 9.97 Å². The minimum Gasteiger partial charge on any atom is -0.397 e. The first-order valence-electron chi connectivity index (χ1n) is 5.21. The molecule has 17 heavy (non-hydrogen) atoms. The lowest BCUT2D eigenvalue weighted by Gasteiger charge is -2.07. The fraction of sp³-hybridized carbons (Fsp3) is 0.167. The van der Waals surface area contributed by atoms with E-state index in [4.69, 9.17) is 17.3 Å². The van der Waals surface area contributed by atoms with Gasteiger partial charge in [-0.1, -0.05) is 17.7 Å². The van der Waals surface area contributed by atoms with E-state index in [0.29, 0.717) is 23.1 Å². The van der Waals surface area contributed by atoms with Crippen LogP contribution in [-0.2, 0) is 6.54 Å². The number of rotatable bonds is 3. The molecule has 0 aromatic carbocycles. The Morgan fingerprint density at radius 1 is 1.29 bits per heavy atom. The average molecular weight is 249 g/mol. The fourth-order valence-corrected chi connectivity index (χ4v) is 1.61. The number of aryl methyl sites for hydroxylation is 1. The van der Waals surface area contributed by atoms with Gasteiger partial charge in [0.2, 0.25) is 0 Å². The summed E-state index contributed by atoms with van der Waals surface area (Å²) in [5.74, 6) is 0.626. The van der Waals surface area contributed by atoms with Gasteiger partial charge in [0.25, 0.3) is 0 Å². The molecular formula is C12H13ClN4. The number of nitrogen functional groups attached to an aromatic ring is 1. The Kier molecular flexibility index (Phi) is 3.44. The topological polar surface area (TPSA) is 63.8 Å². The SMILES string of the molecule is Cc1ccc(CNc2ncc(N)cc2Cl)cn1. The highest BCUT2D eigenvalue weighted by Gasteiger charge is 2.02. The van der Waals surface area contributed by atoms with Crippen molar-refractivity contribution in [2.24, 2.45) is 0 Å². The van der Waals surface area contributed by atoms with E-state index in [-0.39, 0.29) is 0 Å². The Morgan fingerprint density at radius 3 is 2.76 bits per heavy atom. The number of hydrogen-bond donors (Lipinski definition) is 2. The third kappa shape index (κ3) is 3.07. The maximum atomic E-state index is 6.00. The van der Waals surface area contributed by atoms with Gasteiger partial charge in [-0.25, -0.2) is 4.98 Å². The summed E-state index contributed by atoms with van der Waals surface area (Å²) in [5.41, 5.74) is 8.19. The molecule has 4 nitrogen and oxygen atoms in total. The lowest BCUT2D eigenvalue weighted by molar-refractivity contribution is 1.07. The van der Waals surface area contributed by atoms with E-state index in [9.17, 15) is 0 Å². The third-order valence-electron chi connectivity index (χ3n) is 2.29. The number of halogens is 1. The summed E-state index contributed by atoms with van der Waals surface area (Å²) in [4.78, 5) is 8.34. The highest BCUT2D eigenvalue weighted by molar-refractivity contribution is 6.33. The van der Waals surface area contributed by atoms with Crippen LogP contribution in [0.2, 0.25) is 5.02 Å². The third-order valence-corrected chi connectivity index (χ3v) is 2.58. The number of anilines is 2. The van der Waals surface area contributed by atoms with Crippen molar-refractivity contribution in [2.45, 2.75) is 13.5 Å². The standard InChI is InChI=1S/C12H13ClN4/c1-8-2-3-9(5-15-8)6-16-12-11(13)4-10(14)7-17-12/h2-5,7H,6,14H2,1H3,(H,16,17). The van der Waals surface area contributed by atoms with Gasteiger partial charge >= 0.3 is 0 Å². The maximum Gasteiger partial charge on any atom is 0.145 e. The second-order valence-electron chi connectivity index (χ2n) is 3.76. The van der Waals surface area contributed by atoms with Gasteiger partial charge in [-0.05, 0) is 24.6 Å². The molecule has 0 amide bonds. The molecule has 88 valence electrons.